The Kier molecular flexibility index (Phi) is 5.02. The molecule has 0 aliphatic carbocycles. The van der Waals surface area contributed by atoms with Crippen LogP contribution in [-0.2, 0) is 11.2 Å². The third-order valence-electron chi connectivity index (χ3n) is 3.88. The van der Waals surface area contributed by atoms with E-state index in [1.54, 1.807) is 6.33 Å². The molecule has 0 spiro atoms. The molecule has 2 N–H and O–H groups in total. The highest BCUT2D eigenvalue weighted by atomic mass is 16.5. The van der Waals surface area contributed by atoms with Crippen LogP contribution in [0.15, 0.2) is 36.9 Å². The number of nitrogens with one attached hydrogen (secondary N) is 2. The summed E-state index contributed by atoms with van der Waals surface area (Å²) in [5.74, 6) is 2.09. The Morgan fingerprint density at radius 1 is 1.17 bits per heavy atom. The maximum Gasteiger partial charge on any atom is 0.131 e. The molecule has 2 unspecified atom stereocenters. The average molecular weight is 313 g/mol. The summed E-state index contributed by atoms with van der Waals surface area (Å²) in [6, 6.07) is 6.66. The van der Waals surface area contributed by atoms with E-state index in [0.29, 0.717) is 18.6 Å². The van der Waals surface area contributed by atoms with E-state index in [0.717, 1.165) is 24.7 Å². The van der Waals surface area contributed by atoms with Crippen molar-refractivity contribution in [1.29, 1.82) is 0 Å². The van der Waals surface area contributed by atoms with Crippen molar-refractivity contribution in [3.63, 3.8) is 0 Å². The summed E-state index contributed by atoms with van der Waals surface area (Å²) in [4.78, 5) is 12.6. The molecule has 0 saturated carbocycles. The highest BCUT2D eigenvalue weighted by Crippen LogP contribution is 2.22. The summed E-state index contributed by atoms with van der Waals surface area (Å²) in [5.41, 5.74) is 1.28. The van der Waals surface area contributed by atoms with Crippen LogP contribution in [0.2, 0.25) is 0 Å². The molecule has 0 amide bonds. The van der Waals surface area contributed by atoms with Gasteiger partial charge in [-0.25, -0.2) is 9.97 Å². The molecule has 1 fully saturated rings. The number of nitrogens with zero attached hydrogens (tertiary/aromatic N) is 3. The van der Waals surface area contributed by atoms with E-state index in [2.05, 4.69) is 51.6 Å². The molecule has 6 heteroatoms. The smallest absolute Gasteiger partial charge is 0.131 e. The molecule has 0 bridgehead atoms. The van der Waals surface area contributed by atoms with Crippen molar-refractivity contribution in [3.8, 4) is 0 Å². The second-order valence-corrected chi connectivity index (χ2v) is 6.20. The standard InChI is InChI=1S/C17H23N5O/c1-12(2)21-16-8-17(20-11-19-16)22-15-10-23-9-14(15)7-13-3-5-18-6-4-13/h3-6,8,11-12,14-15H,7,9-10H2,1-2H3,(H2,19,20,21,22). The van der Waals surface area contributed by atoms with Gasteiger partial charge >= 0.3 is 0 Å². The maximum atomic E-state index is 5.67. The molecule has 0 aromatic carbocycles. The van der Waals surface area contributed by atoms with Crippen LogP contribution in [-0.4, -0.2) is 40.2 Å². The van der Waals surface area contributed by atoms with Crippen LogP contribution >= 0.6 is 0 Å². The van der Waals surface area contributed by atoms with E-state index >= 15 is 0 Å². The van der Waals surface area contributed by atoms with Crippen LogP contribution in [0.3, 0.4) is 0 Å². The molecule has 1 aliphatic heterocycles. The predicted molar refractivity (Wildman–Crippen MR) is 90.5 cm³/mol. The number of hydrogen-bond acceptors (Lipinski definition) is 6. The summed E-state index contributed by atoms with van der Waals surface area (Å²) in [5, 5.41) is 6.78. The zero-order valence-corrected chi connectivity index (χ0v) is 13.6. The van der Waals surface area contributed by atoms with Gasteiger partial charge in [0.15, 0.2) is 0 Å². The lowest BCUT2D eigenvalue weighted by Crippen LogP contribution is -2.29. The van der Waals surface area contributed by atoms with Crippen LogP contribution in [0.4, 0.5) is 11.6 Å². The van der Waals surface area contributed by atoms with Crippen molar-refractivity contribution in [2.75, 3.05) is 23.8 Å². The van der Waals surface area contributed by atoms with E-state index in [4.69, 9.17) is 4.74 Å². The first-order valence-electron chi connectivity index (χ1n) is 8.02. The van der Waals surface area contributed by atoms with Gasteiger partial charge in [0.2, 0.25) is 0 Å². The van der Waals surface area contributed by atoms with Gasteiger partial charge in [0.1, 0.15) is 18.0 Å². The van der Waals surface area contributed by atoms with Gasteiger partial charge in [0, 0.05) is 30.4 Å². The van der Waals surface area contributed by atoms with Crippen LogP contribution in [0.1, 0.15) is 19.4 Å². The quantitative estimate of drug-likeness (QED) is 0.853. The zero-order chi connectivity index (χ0) is 16.1. The fraction of sp³-hybridized carbons (Fsp3) is 0.471. The molecule has 2 aromatic heterocycles. The van der Waals surface area contributed by atoms with E-state index < -0.39 is 0 Å². The Labute approximate surface area is 136 Å². The maximum absolute atomic E-state index is 5.67. The Balaban J connectivity index is 1.64. The Morgan fingerprint density at radius 2 is 1.96 bits per heavy atom. The summed E-state index contributed by atoms with van der Waals surface area (Å²) in [7, 11) is 0. The van der Waals surface area contributed by atoms with Gasteiger partial charge in [-0.05, 0) is 38.0 Å². The van der Waals surface area contributed by atoms with Crippen molar-refractivity contribution in [3.05, 3.63) is 42.5 Å². The Bertz CT molecular complexity index is 619. The lowest BCUT2D eigenvalue weighted by Gasteiger charge is -2.20. The normalized spacial score (nSPS) is 20.7. The third kappa shape index (κ3) is 4.39. The van der Waals surface area contributed by atoms with E-state index in [9.17, 15) is 0 Å². The van der Waals surface area contributed by atoms with Gasteiger partial charge in [-0.15, -0.1) is 0 Å². The SMILES string of the molecule is CC(C)Nc1cc(NC2COCC2Cc2ccncc2)ncn1. The molecule has 1 saturated heterocycles. The molecule has 2 atom stereocenters. The minimum absolute atomic E-state index is 0.255. The molecular formula is C17H23N5O. The second-order valence-electron chi connectivity index (χ2n) is 6.20. The first-order chi connectivity index (χ1) is 11.2. The molecule has 6 nitrogen and oxygen atoms in total. The van der Waals surface area contributed by atoms with E-state index in [1.807, 2.05) is 18.5 Å². The van der Waals surface area contributed by atoms with Gasteiger partial charge in [-0.2, -0.15) is 0 Å². The third-order valence-corrected chi connectivity index (χ3v) is 3.88. The molecule has 1 aliphatic rings. The fourth-order valence-corrected chi connectivity index (χ4v) is 2.78. The monoisotopic (exact) mass is 313 g/mol. The van der Waals surface area contributed by atoms with Crippen molar-refractivity contribution < 1.29 is 4.74 Å². The topological polar surface area (TPSA) is 72.0 Å². The Morgan fingerprint density at radius 3 is 2.74 bits per heavy atom. The van der Waals surface area contributed by atoms with Crippen molar-refractivity contribution >= 4 is 11.6 Å². The predicted octanol–water partition coefficient (Wildman–Crippen LogP) is 2.36. The fourth-order valence-electron chi connectivity index (χ4n) is 2.78. The van der Waals surface area contributed by atoms with Gasteiger partial charge in [-0.3, -0.25) is 4.98 Å². The van der Waals surface area contributed by atoms with Crippen molar-refractivity contribution in [1.82, 2.24) is 15.0 Å². The van der Waals surface area contributed by atoms with Crippen molar-refractivity contribution in [2.45, 2.75) is 32.4 Å². The van der Waals surface area contributed by atoms with Gasteiger partial charge < -0.3 is 15.4 Å². The Hall–Kier alpha value is -2.21. The molecular weight excluding hydrogens is 290 g/mol. The number of ether oxygens (including phenoxy) is 1. The highest BCUT2D eigenvalue weighted by Gasteiger charge is 2.28. The zero-order valence-electron chi connectivity index (χ0n) is 13.6. The molecule has 2 aromatic rings. The second kappa shape index (κ2) is 7.37. The minimum atomic E-state index is 0.255. The molecule has 0 radical (unpaired) electrons. The number of anilines is 2. The van der Waals surface area contributed by atoms with Crippen molar-refractivity contribution in [2.24, 2.45) is 5.92 Å². The number of hydrogen-bond donors (Lipinski definition) is 2. The molecule has 3 rings (SSSR count). The largest absolute Gasteiger partial charge is 0.379 e. The number of pyridine rings is 1. The van der Waals surface area contributed by atoms with E-state index in [-0.39, 0.29) is 6.04 Å². The summed E-state index contributed by atoms with van der Waals surface area (Å²) in [6.07, 6.45) is 6.23. The van der Waals surface area contributed by atoms with Crippen LogP contribution < -0.4 is 10.6 Å². The molecule has 122 valence electrons. The van der Waals surface area contributed by atoms with Gasteiger partial charge in [0.25, 0.3) is 0 Å². The van der Waals surface area contributed by atoms with E-state index in [1.165, 1.54) is 5.56 Å². The van der Waals surface area contributed by atoms with Crippen LogP contribution in [0.25, 0.3) is 0 Å². The number of aromatic nitrogens is 3. The van der Waals surface area contributed by atoms with Gasteiger partial charge in [0.05, 0.1) is 19.3 Å². The number of rotatable bonds is 6. The average Bonchev–Trinajstić information content (AvgIpc) is 2.95. The van der Waals surface area contributed by atoms with Crippen LogP contribution in [0.5, 0.6) is 0 Å². The first-order valence-corrected chi connectivity index (χ1v) is 8.02. The van der Waals surface area contributed by atoms with Gasteiger partial charge in [-0.1, -0.05) is 0 Å². The first kappa shape index (κ1) is 15.7. The lowest BCUT2D eigenvalue weighted by atomic mass is 9.95. The molecule has 3 heterocycles. The summed E-state index contributed by atoms with van der Waals surface area (Å²) in [6.45, 7) is 5.64. The lowest BCUT2D eigenvalue weighted by molar-refractivity contribution is 0.185. The minimum Gasteiger partial charge on any atom is -0.379 e. The van der Waals surface area contributed by atoms with Crippen LogP contribution in [0, 0.1) is 5.92 Å². The highest BCUT2D eigenvalue weighted by molar-refractivity contribution is 5.47. The summed E-state index contributed by atoms with van der Waals surface area (Å²) >= 11 is 0. The molecule has 23 heavy (non-hydrogen) atoms. The summed E-state index contributed by atoms with van der Waals surface area (Å²) < 4.78 is 5.67.